The van der Waals surface area contributed by atoms with Crippen LogP contribution in [0, 0.1) is 0 Å². The number of hydrogen-bond donors (Lipinski definition) is 2. The van der Waals surface area contributed by atoms with Crippen molar-refractivity contribution in [3.05, 3.63) is 53.1 Å². The van der Waals surface area contributed by atoms with E-state index in [9.17, 15) is 13.2 Å². The predicted octanol–water partition coefficient (Wildman–Crippen LogP) is 3.88. The Morgan fingerprint density at radius 2 is 1.79 bits per heavy atom. The second-order valence-electron chi connectivity index (χ2n) is 6.74. The topological polar surface area (TPSA) is 78.5 Å². The minimum absolute atomic E-state index is 0.145. The first-order valence-electron chi connectivity index (χ1n) is 9.36. The van der Waals surface area contributed by atoms with Crippen LogP contribution >= 0.6 is 11.6 Å². The molecule has 3 rings (SSSR count). The van der Waals surface area contributed by atoms with Crippen molar-refractivity contribution in [2.45, 2.75) is 31.1 Å². The lowest BCUT2D eigenvalue weighted by molar-refractivity contribution is 0.102. The molecule has 150 valence electrons. The molecule has 2 aromatic rings. The molecule has 0 radical (unpaired) electrons. The van der Waals surface area contributed by atoms with Gasteiger partial charge in [0.25, 0.3) is 5.91 Å². The maximum absolute atomic E-state index is 12.9. The van der Waals surface area contributed by atoms with Crippen molar-refractivity contribution in [1.29, 1.82) is 0 Å². The average Bonchev–Trinajstić information content (AvgIpc) is 3.22. The molecule has 0 bridgehead atoms. The van der Waals surface area contributed by atoms with Crippen LogP contribution in [0.15, 0.2) is 47.4 Å². The first-order valence-corrected chi connectivity index (χ1v) is 11.2. The Morgan fingerprint density at radius 1 is 1.11 bits per heavy atom. The van der Waals surface area contributed by atoms with E-state index >= 15 is 0 Å². The fourth-order valence-electron chi connectivity index (χ4n) is 3.14. The second-order valence-corrected chi connectivity index (χ2v) is 8.91. The lowest BCUT2D eigenvalue weighted by atomic mass is 10.1. The van der Waals surface area contributed by atoms with Crippen molar-refractivity contribution in [2.75, 3.05) is 29.9 Å². The zero-order valence-electron chi connectivity index (χ0n) is 15.7. The Kier molecular flexibility index (Phi) is 6.59. The van der Waals surface area contributed by atoms with Gasteiger partial charge >= 0.3 is 0 Å². The molecule has 0 saturated carbocycles. The van der Waals surface area contributed by atoms with Gasteiger partial charge in [0.2, 0.25) is 10.0 Å². The van der Waals surface area contributed by atoms with Crippen LogP contribution in [0.1, 0.15) is 36.5 Å². The van der Waals surface area contributed by atoms with Crippen LogP contribution in [-0.2, 0) is 10.0 Å². The lowest BCUT2D eigenvalue weighted by Crippen LogP contribution is -2.28. The van der Waals surface area contributed by atoms with Crippen molar-refractivity contribution < 1.29 is 13.2 Å². The summed E-state index contributed by atoms with van der Waals surface area (Å²) in [5, 5.41) is 3.34. The fourth-order valence-corrected chi connectivity index (χ4v) is 4.65. The first-order chi connectivity index (χ1) is 13.4. The SMILES string of the molecule is CCCNS(=O)(=O)c1cc(C(=O)Nc2ccc(Cl)cc2)ccc1N1CCCC1. The van der Waals surface area contributed by atoms with Gasteiger partial charge in [-0.3, -0.25) is 4.79 Å². The van der Waals surface area contributed by atoms with Gasteiger partial charge in [-0.25, -0.2) is 13.1 Å². The van der Waals surface area contributed by atoms with Gasteiger partial charge in [-0.15, -0.1) is 0 Å². The van der Waals surface area contributed by atoms with E-state index in [0.29, 0.717) is 29.4 Å². The molecule has 1 amide bonds. The van der Waals surface area contributed by atoms with E-state index < -0.39 is 10.0 Å². The Bertz CT molecular complexity index is 940. The van der Waals surface area contributed by atoms with Crippen LogP contribution in [0.25, 0.3) is 0 Å². The number of halogens is 1. The third kappa shape index (κ3) is 4.84. The number of carbonyl (C=O) groups is 1. The van der Waals surface area contributed by atoms with E-state index in [1.54, 1.807) is 36.4 Å². The zero-order valence-corrected chi connectivity index (χ0v) is 17.3. The molecule has 0 atom stereocenters. The Hall–Kier alpha value is -2.09. The summed E-state index contributed by atoms with van der Waals surface area (Å²) in [5.41, 5.74) is 1.52. The van der Waals surface area contributed by atoms with E-state index in [-0.39, 0.29) is 16.4 Å². The molecule has 0 aliphatic carbocycles. The van der Waals surface area contributed by atoms with Crippen LogP contribution in [0.3, 0.4) is 0 Å². The standard InChI is InChI=1S/C20H24ClN3O3S/c1-2-11-22-28(26,27)19-14-15(5-10-18(19)24-12-3-4-13-24)20(25)23-17-8-6-16(21)7-9-17/h5-10,14,22H,2-4,11-13H2,1H3,(H,23,25). The van der Waals surface area contributed by atoms with Crippen LogP contribution < -0.4 is 14.9 Å². The average molecular weight is 422 g/mol. The van der Waals surface area contributed by atoms with Gasteiger partial charge in [-0.05, 0) is 61.7 Å². The van der Waals surface area contributed by atoms with E-state index in [2.05, 4.69) is 14.9 Å². The molecule has 0 unspecified atom stereocenters. The molecule has 28 heavy (non-hydrogen) atoms. The predicted molar refractivity (Wildman–Crippen MR) is 113 cm³/mol. The Morgan fingerprint density at radius 3 is 2.43 bits per heavy atom. The van der Waals surface area contributed by atoms with Gasteiger partial charge < -0.3 is 10.2 Å². The van der Waals surface area contributed by atoms with Crippen LogP contribution in [0.4, 0.5) is 11.4 Å². The number of amides is 1. The molecule has 0 aromatic heterocycles. The molecule has 1 aliphatic rings. The zero-order chi connectivity index (χ0) is 20.1. The molecule has 1 saturated heterocycles. The van der Waals surface area contributed by atoms with E-state index in [1.807, 2.05) is 6.92 Å². The molecule has 1 aliphatic heterocycles. The second kappa shape index (κ2) is 8.94. The highest BCUT2D eigenvalue weighted by molar-refractivity contribution is 7.89. The number of carbonyl (C=O) groups excluding carboxylic acids is 1. The number of sulfonamides is 1. The van der Waals surface area contributed by atoms with Crippen molar-refractivity contribution in [2.24, 2.45) is 0 Å². The molecule has 2 aromatic carbocycles. The number of nitrogens with zero attached hydrogens (tertiary/aromatic N) is 1. The molecule has 6 nitrogen and oxygen atoms in total. The highest BCUT2D eigenvalue weighted by Gasteiger charge is 2.25. The van der Waals surface area contributed by atoms with E-state index in [1.165, 1.54) is 6.07 Å². The molecule has 1 fully saturated rings. The Labute approximate surface area is 170 Å². The first kappa shape index (κ1) is 20.6. The van der Waals surface area contributed by atoms with E-state index in [0.717, 1.165) is 25.9 Å². The summed E-state index contributed by atoms with van der Waals surface area (Å²) in [5.74, 6) is -0.373. The van der Waals surface area contributed by atoms with Crippen molar-refractivity contribution in [1.82, 2.24) is 4.72 Å². The third-order valence-corrected chi connectivity index (χ3v) is 6.34. The molecule has 8 heteroatoms. The molecule has 2 N–H and O–H groups in total. The molecular weight excluding hydrogens is 398 g/mol. The van der Waals surface area contributed by atoms with Crippen molar-refractivity contribution in [3.8, 4) is 0 Å². The maximum Gasteiger partial charge on any atom is 0.255 e. The molecule has 1 heterocycles. The monoisotopic (exact) mass is 421 g/mol. The van der Waals surface area contributed by atoms with Gasteiger partial charge in [0, 0.05) is 35.9 Å². The van der Waals surface area contributed by atoms with Crippen molar-refractivity contribution in [3.63, 3.8) is 0 Å². The summed E-state index contributed by atoms with van der Waals surface area (Å²) in [4.78, 5) is 14.9. The minimum atomic E-state index is -3.71. The normalized spacial score (nSPS) is 14.3. The van der Waals surface area contributed by atoms with Gasteiger partial charge in [-0.1, -0.05) is 18.5 Å². The quantitative estimate of drug-likeness (QED) is 0.711. The maximum atomic E-state index is 12.9. The summed E-state index contributed by atoms with van der Waals surface area (Å²) < 4.78 is 28.3. The minimum Gasteiger partial charge on any atom is -0.370 e. The summed E-state index contributed by atoms with van der Waals surface area (Å²) in [6, 6.07) is 11.6. The highest BCUT2D eigenvalue weighted by Crippen LogP contribution is 2.29. The van der Waals surface area contributed by atoms with Crippen molar-refractivity contribution >= 4 is 38.9 Å². The number of benzene rings is 2. The molecule has 0 spiro atoms. The number of anilines is 2. The Balaban J connectivity index is 1.93. The number of nitrogens with one attached hydrogen (secondary N) is 2. The van der Waals surface area contributed by atoms with Crippen LogP contribution in [0.2, 0.25) is 5.02 Å². The summed E-state index contributed by atoms with van der Waals surface area (Å²) >= 11 is 5.87. The highest BCUT2D eigenvalue weighted by atomic mass is 35.5. The summed E-state index contributed by atoms with van der Waals surface area (Å²) in [6.45, 7) is 3.88. The molecular formula is C20H24ClN3O3S. The van der Waals surface area contributed by atoms with Crippen LogP contribution in [0.5, 0.6) is 0 Å². The van der Waals surface area contributed by atoms with Gasteiger partial charge in [0.1, 0.15) is 4.90 Å². The fraction of sp³-hybridized carbons (Fsp3) is 0.350. The van der Waals surface area contributed by atoms with Gasteiger partial charge in [-0.2, -0.15) is 0 Å². The summed E-state index contributed by atoms with van der Waals surface area (Å²) in [7, 11) is -3.71. The smallest absolute Gasteiger partial charge is 0.255 e. The van der Waals surface area contributed by atoms with E-state index in [4.69, 9.17) is 11.6 Å². The van der Waals surface area contributed by atoms with Gasteiger partial charge in [0.15, 0.2) is 0 Å². The summed E-state index contributed by atoms with van der Waals surface area (Å²) in [6.07, 6.45) is 2.75. The van der Waals surface area contributed by atoms with Crippen LogP contribution in [-0.4, -0.2) is 34.0 Å². The number of hydrogen-bond acceptors (Lipinski definition) is 4. The van der Waals surface area contributed by atoms with Gasteiger partial charge in [0.05, 0.1) is 5.69 Å². The largest absolute Gasteiger partial charge is 0.370 e. The third-order valence-electron chi connectivity index (χ3n) is 4.60. The lowest BCUT2D eigenvalue weighted by Gasteiger charge is -2.22. The number of rotatable bonds is 7.